The van der Waals surface area contributed by atoms with Gasteiger partial charge in [0.05, 0.1) is 0 Å². The van der Waals surface area contributed by atoms with Crippen molar-refractivity contribution in [3.05, 3.63) is 40.2 Å². The number of nitrogens with one attached hydrogen (secondary N) is 1. The molecule has 0 saturated carbocycles. The first-order valence-corrected chi connectivity index (χ1v) is 6.69. The van der Waals surface area contributed by atoms with Gasteiger partial charge in [-0.05, 0) is 24.1 Å². The van der Waals surface area contributed by atoms with Crippen LogP contribution in [0.25, 0.3) is 0 Å². The van der Waals surface area contributed by atoms with Gasteiger partial charge in [0.1, 0.15) is 4.88 Å². The van der Waals surface area contributed by atoms with Crippen molar-refractivity contribution in [2.45, 2.75) is 20.4 Å². The lowest BCUT2D eigenvalue weighted by atomic mass is 10.2. The maximum atomic E-state index is 11.4. The monoisotopic (exact) mass is 291 g/mol. The molecule has 0 radical (unpaired) electrons. The maximum absolute atomic E-state index is 11.4. The highest BCUT2D eigenvalue weighted by Gasteiger charge is 2.20. The van der Waals surface area contributed by atoms with Crippen LogP contribution in [0.2, 0.25) is 0 Å². The number of rotatable bonds is 5. The third-order valence-electron chi connectivity index (χ3n) is 2.72. The van der Waals surface area contributed by atoms with Gasteiger partial charge in [0.15, 0.2) is 16.6 Å². The number of nitrogens with zero attached hydrogens (tertiary/aromatic N) is 2. The van der Waals surface area contributed by atoms with Gasteiger partial charge in [-0.2, -0.15) is 0 Å². The van der Waals surface area contributed by atoms with Crippen molar-refractivity contribution in [3.63, 3.8) is 0 Å². The molecule has 104 valence electrons. The minimum absolute atomic E-state index is 0.159. The molecule has 6 nitrogen and oxygen atoms in total. The lowest BCUT2D eigenvalue weighted by Gasteiger charge is -2.05. The number of thiazole rings is 1. The molecule has 0 fully saturated rings. The molecule has 0 aromatic carbocycles. The predicted molar refractivity (Wildman–Crippen MR) is 75.4 cm³/mol. The van der Waals surface area contributed by atoms with E-state index in [1.54, 1.807) is 12.4 Å². The van der Waals surface area contributed by atoms with E-state index in [1.165, 1.54) is 6.92 Å². The van der Waals surface area contributed by atoms with Crippen LogP contribution in [0.1, 0.15) is 38.2 Å². The van der Waals surface area contributed by atoms with Crippen LogP contribution in [-0.4, -0.2) is 26.8 Å². The van der Waals surface area contributed by atoms with Crippen molar-refractivity contribution in [1.82, 2.24) is 9.97 Å². The van der Waals surface area contributed by atoms with Crippen LogP contribution in [0, 0.1) is 6.92 Å². The number of carbonyl (C=O) groups excluding carboxylic acids is 1. The molecule has 0 aliphatic rings. The van der Waals surface area contributed by atoms with Crippen LogP contribution in [-0.2, 0) is 6.54 Å². The number of anilines is 1. The van der Waals surface area contributed by atoms with Gasteiger partial charge < -0.3 is 10.4 Å². The van der Waals surface area contributed by atoms with Crippen LogP contribution in [0.4, 0.5) is 5.13 Å². The number of carbonyl (C=O) groups is 2. The first kappa shape index (κ1) is 14.1. The molecule has 2 aromatic heterocycles. The van der Waals surface area contributed by atoms with E-state index in [0.29, 0.717) is 11.7 Å². The van der Waals surface area contributed by atoms with E-state index in [0.717, 1.165) is 22.5 Å². The molecule has 0 unspecified atom stereocenters. The van der Waals surface area contributed by atoms with E-state index in [4.69, 9.17) is 5.11 Å². The molecule has 2 heterocycles. The van der Waals surface area contributed by atoms with Gasteiger partial charge in [-0.1, -0.05) is 11.3 Å². The maximum Gasteiger partial charge on any atom is 0.356 e. The molecule has 0 aliphatic heterocycles. The first-order valence-electron chi connectivity index (χ1n) is 5.87. The summed E-state index contributed by atoms with van der Waals surface area (Å²) in [7, 11) is 0. The summed E-state index contributed by atoms with van der Waals surface area (Å²) in [6, 6.07) is 1.87. The van der Waals surface area contributed by atoms with E-state index in [1.807, 2.05) is 13.0 Å². The van der Waals surface area contributed by atoms with Gasteiger partial charge >= 0.3 is 5.97 Å². The number of carboxylic acid groups (broad SMARTS) is 1. The Morgan fingerprint density at radius 2 is 2.20 bits per heavy atom. The Bertz CT molecular complexity index is 635. The highest BCUT2D eigenvalue weighted by atomic mass is 32.1. The Hall–Kier alpha value is -2.28. The van der Waals surface area contributed by atoms with Crippen molar-refractivity contribution in [2.24, 2.45) is 0 Å². The standard InChI is InChI=1S/C13H13N3O3S/c1-7-5-14-4-3-9(7)6-15-13-16-10(12(18)19)11(20-13)8(2)17/h3-5H,6H2,1-2H3,(H,15,16)(H,18,19). The highest BCUT2D eigenvalue weighted by Crippen LogP contribution is 2.24. The Balaban J connectivity index is 2.19. The second-order valence-corrected chi connectivity index (χ2v) is 5.21. The highest BCUT2D eigenvalue weighted by molar-refractivity contribution is 7.17. The van der Waals surface area contributed by atoms with E-state index in [2.05, 4.69) is 15.3 Å². The van der Waals surface area contributed by atoms with Crippen molar-refractivity contribution in [3.8, 4) is 0 Å². The molecule has 20 heavy (non-hydrogen) atoms. The summed E-state index contributed by atoms with van der Waals surface area (Å²) in [5, 5.41) is 12.5. The van der Waals surface area contributed by atoms with Crippen LogP contribution < -0.4 is 5.32 Å². The van der Waals surface area contributed by atoms with Crippen LogP contribution in [0.3, 0.4) is 0 Å². The largest absolute Gasteiger partial charge is 0.476 e. The summed E-state index contributed by atoms with van der Waals surface area (Å²) in [5.41, 5.74) is 1.87. The molecule has 2 rings (SSSR count). The third-order valence-corrected chi connectivity index (χ3v) is 3.83. The van der Waals surface area contributed by atoms with E-state index in [9.17, 15) is 9.59 Å². The third kappa shape index (κ3) is 3.00. The molecule has 0 amide bonds. The Morgan fingerprint density at radius 1 is 1.45 bits per heavy atom. The smallest absolute Gasteiger partial charge is 0.356 e. The second kappa shape index (κ2) is 5.79. The molecule has 0 bridgehead atoms. The zero-order valence-corrected chi connectivity index (χ0v) is 11.8. The number of Topliss-reactive ketones (excluding diaryl/α,β-unsaturated/α-hetero) is 1. The van der Waals surface area contributed by atoms with Crippen molar-refractivity contribution < 1.29 is 14.7 Å². The minimum Gasteiger partial charge on any atom is -0.476 e. The summed E-state index contributed by atoms with van der Waals surface area (Å²) in [4.78, 5) is 30.5. The van der Waals surface area contributed by atoms with Crippen LogP contribution >= 0.6 is 11.3 Å². The van der Waals surface area contributed by atoms with Crippen LogP contribution in [0.5, 0.6) is 0 Å². The van der Waals surface area contributed by atoms with Gasteiger partial charge in [-0.3, -0.25) is 9.78 Å². The molecule has 2 aromatic rings. The number of carboxylic acids is 1. The fourth-order valence-electron chi connectivity index (χ4n) is 1.65. The number of pyridine rings is 1. The molecular weight excluding hydrogens is 278 g/mol. The lowest BCUT2D eigenvalue weighted by molar-refractivity contribution is 0.0687. The molecule has 0 atom stereocenters. The molecule has 0 spiro atoms. The predicted octanol–water partition coefficient (Wildman–Crippen LogP) is 2.36. The number of ketones is 1. The van der Waals surface area contributed by atoms with Crippen molar-refractivity contribution >= 4 is 28.2 Å². The molecule has 2 N–H and O–H groups in total. The number of aromatic nitrogens is 2. The summed E-state index contributed by atoms with van der Waals surface area (Å²) >= 11 is 1.05. The van der Waals surface area contributed by atoms with Gasteiger partial charge in [-0.25, -0.2) is 9.78 Å². The Morgan fingerprint density at radius 3 is 2.75 bits per heavy atom. The average Bonchev–Trinajstić information content (AvgIpc) is 2.82. The van der Waals surface area contributed by atoms with E-state index in [-0.39, 0.29) is 16.4 Å². The Kier molecular flexibility index (Phi) is 4.09. The fourth-order valence-corrected chi connectivity index (χ4v) is 2.50. The summed E-state index contributed by atoms with van der Waals surface area (Å²) in [6.45, 7) is 3.77. The van der Waals surface area contributed by atoms with Gasteiger partial charge in [0, 0.05) is 25.9 Å². The Labute approximate surface area is 119 Å². The number of hydrogen-bond donors (Lipinski definition) is 2. The zero-order chi connectivity index (χ0) is 14.7. The molecule has 0 aliphatic carbocycles. The van der Waals surface area contributed by atoms with Gasteiger partial charge in [0.2, 0.25) is 0 Å². The normalized spacial score (nSPS) is 10.3. The lowest BCUT2D eigenvalue weighted by Crippen LogP contribution is -2.04. The number of aryl methyl sites for hydroxylation is 1. The van der Waals surface area contributed by atoms with Gasteiger partial charge in [0.25, 0.3) is 0 Å². The van der Waals surface area contributed by atoms with Crippen molar-refractivity contribution in [1.29, 1.82) is 0 Å². The topological polar surface area (TPSA) is 92.2 Å². The summed E-state index contributed by atoms with van der Waals surface area (Å²) in [5.74, 6) is -1.49. The molecular formula is C13H13N3O3S. The minimum atomic E-state index is -1.19. The van der Waals surface area contributed by atoms with E-state index < -0.39 is 5.97 Å². The molecule has 7 heteroatoms. The van der Waals surface area contributed by atoms with Crippen molar-refractivity contribution in [2.75, 3.05) is 5.32 Å². The zero-order valence-electron chi connectivity index (χ0n) is 11.0. The second-order valence-electron chi connectivity index (χ2n) is 4.21. The van der Waals surface area contributed by atoms with Gasteiger partial charge in [-0.15, -0.1) is 0 Å². The SMILES string of the molecule is CC(=O)c1sc(NCc2ccncc2C)nc1C(=O)O. The summed E-state index contributed by atoms with van der Waals surface area (Å²) < 4.78 is 0. The van der Waals surface area contributed by atoms with Crippen LogP contribution in [0.15, 0.2) is 18.5 Å². The quantitative estimate of drug-likeness (QED) is 0.822. The van der Waals surface area contributed by atoms with E-state index >= 15 is 0 Å². The first-order chi connectivity index (χ1) is 9.49. The summed E-state index contributed by atoms with van der Waals surface area (Å²) in [6.07, 6.45) is 3.44. The average molecular weight is 291 g/mol. The fraction of sp³-hybridized carbons (Fsp3) is 0.231. The number of hydrogen-bond acceptors (Lipinski definition) is 6. The number of aromatic carboxylic acids is 1. The molecule has 0 saturated heterocycles.